The van der Waals surface area contributed by atoms with Crippen LogP contribution in [0.2, 0.25) is 0 Å². The molecule has 5 aromatic rings. The van der Waals surface area contributed by atoms with Crippen LogP contribution in [0.5, 0.6) is 11.5 Å². The number of H-pyrrole nitrogens is 1. The van der Waals surface area contributed by atoms with Crippen LogP contribution < -0.4 is 20.3 Å². The highest BCUT2D eigenvalue weighted by molar-refractivity contribution is 7.44. The number of hydrogen-bond acceptors (Lipinski definition) is 12. The predicted molar refractivity (Wildman–Crippen MR) is 228 cm³/mol. The summed E-state index contributed by atoms with van der Waals surface area (Å²) in [7, 11) is 1.56. The Balaban J connectivity index is 1.45. The highest BCUT2D eigenvalue weighted by Crippen LogP contribution is 2.51. The molecule has 2 aromatic heterocycles. The van der Waals surface area contributed by atoms with Crippen LogP contribution in [0.15, 0.2) is 90.0 Å². The van der Waals surface area contributed by atoms with Crippen LogP contribution in [0.1, 0.15) is 77.3 Å². The minimum Gasteiger partial charge on any atom is -0.497 e. The maximum absolute atomic E-state index is 13.2. The lowest BCUT2D eigenvalue weighted by Crippen LogP contribution is -2.39. The first kappa shape index (κ1) is 44.4. The van der Waals surface area contributed by atoms with Crippen molar-refractivity contribution in [2.45, 2.75) is 90.5 Å². The van der Waals surface area contributed by atoms with E-state index in [2.05, 4.69) is 58.7 Å². The summed E-state index contributed by atoms with van der Waals surface area (Å²) in [6, 6.07) is 27.8. The molecule has 0 saturated carbocycles. The van der Waals surface area contributed by atoms with E-state index in [0.717, 1.165) is 16.7 Å². The van der Waals surface area contributed by atoms with Crippen LogP contribution >= 0.6 is 8.53 Å². The molecule has 4 atom stereocenters. The van der Waals surface area contributed by atoms with Gasteiger partial charge in [-0.1, -0.05) is 68.4 Å². The van der Waals surface area contributed by atoms with E-state index in [4.69, 9.17) is 28.0 Å². The molecule has 1 amide bonds. The van der Waals surface area contributed by atoms with E-state index in [-0.39, 0.29) is 60.7 Å². The molecule has 0 aliphatic carbocycles. The Morgan fingerprint density at radius 2 is 1.57 bits per heavy atom. The van der Waals surface area contributed by atoms with Crippen LogP contribution in [-0.2, 0) is 28.9 Å². The largest absolute Gasteiger partial charge is 0.497 e. The van der Waals surface area contributed by atoms with E-state index in [9.17, 15) is 14.9 Å². The van der Waals surface area contributed by atoms with Crippen LogP contribution in [0.4, 0.5) is 5.95 Å². The molecule has 1 aliphatic rings. The van der Waals surface area contributed by atoms with Gasteiger partial charge in [0.05, 0.1) is 52.4 Å². The number of hydrogen-bond donors (Lipinski definition) is 2. The highest BCUT2D eigenvalue weighted by atomic mass is 31.2. The second kappa shape index (κ2) is 19.9. The Labute approximate surface area is 351 Å². The maximum Gasteiger partial charge on any atom is 0.280 e. The SMILES string of the molecule is COc1ccc(C(OC[C@H]2O[C@@H](n3cnc4c(=O)[nH]c(NC(=O)C(C)C)nc43)C[C@H]2OP(OCCC#N)N(C(C)C)C(C)C)(c2ccccc2)c2ccc(OC)cc2)cc1. The molecule has 1 saturated heterocycles. The van der Waals surface area contributed by atoms with Gasteiger partial charge in [0, 0.05) is 24.4 Å². The first-order valence-electron chi connectivity index (χ1n) is 20.1. The van der Waals surface area contributed by atoms with E-state index < -0.39 is 38.1 Å². The zero-order valence-corrected chi connectivity index (χ0v) is 36.2. The first-order valence-corrected chi connectivity index (χ1v) is 21.2. The molecule has 0 spiro atoms. The number of carbonyl (C=O) groups is 1. The van der Waals surface area contributed by atoms with E-state index in [1.165, 1.54) is 6.33 Å². The van der Waals surface area contributed by atoms with E-state index >= 15 is 0 Å². The zero-order valence-electron chi connectivity index (χ0n) is 35.3. The number of aromatic nitrogens is 4. The normalized spacial score (nSPS) is 17.4. The molecule has 60 heavy (non-hydrogen) atoms. The molecule has 16 heteroatoms. The average molecular weight is 840 g/mol. The van der Waals surface area contributed by atoms with Crippen molar-refractivity contribution in [3.63, 3.8) is 0 Å². The van der Waals surface area contributed by atoms with E-state index in [1.54, 1.807) is 32.6 Å². The standard InChI is InChI=1S/C44H54N7O8P/c1-28(2)41(52)48-43-47-40-39(42(53)49-43)46-27-50(40)38-25-36(59-60(57-24-12-23-45)51(29(3)4)30(5)6)37(58-38)26-56-44(31-13-10-9-11-14-31,32-15-19-34(54-7)20-16-32)33-17-21-35(55-8)22-18-33/h9-11,13-22,27-30,36-38H,12,24-26H2,1-8H3,(H2,47,48,49,52,53)/t36-,37-,38-,60?/m1/s1. The third-order valence-corrected chi connectivity index (χ3v) is 12.4. The van der Waals surface area contributed by atoms with Gasteiger partial charge in [0.15, 0.2) is 11.2 Å². The number of amides is 1. The smallest absolute Gasteiger partial charge is 0.280 e. The molecule has 1 fully saturated rings. The third kappa shape index (κ3) is 9.71. The van der Waals surface area contributed by atoms with Crippen molar-refractivity contribution in [2.75, 3.05) is 32.8 Å². The predicted octanol–water partition coefficient (Wildman–Crippen LogP) is 7.69. The van der Waals surface area contributed by atoms with Crippen LogP contribution in [-0.4, -0.2) is 81.8 Å². The van der Waals surface area contributed by atoms with Crippen molar-refractivity contribution in [1.29, 1.82) is 5.26 Å². The molecule has 0 bridgehead atoms. The molecule has 3 heterocycles. The van der Waals surface area contributed by atoms with Crippen molar-refractivity contribution in [2.24, 2.45) is 5.92 Å². The van der Waals surface area contributed by atoms with Crippen molar-refractivity contribution >= 4 is 31.5 Å². The molecule has 1 aliphatic heterocycles. The Kier molecular flexibility index (Phi) is 14.7. The lowest BCUT2D eigenvalue weighted by atomic mass is 9.80. The summed E-state index contributed by atoms with van der Waals surface area (Å²) >= 11 is 0. The summed E-state index contributed by atoms with van der Waals surface area (Å²) in [4.78, 5) is 37.4. The zero-order chi connectivity index (χ0) is 43.0. The van der Waals surface area contributed by atoms with Gasteiger partial charge in [-0.25, -0.2) is 9.65 Å². The van der Waals surface area contributed by atoms with Gasteiger partial charge in [-0.15, -0.1) is 0 Å². The van der Waals surface area contributed by atoms with Crippen molar-refractivity contribution in [3.05, 3.63) is 112 Å². The van der Waals surface area contributed by atoms with Crippen molar-refractivity contribution in [3.8, 4) is 17.6 Å². The molecular weight excluding hydrogens is 785 g/mol. The molecule has 2 N–H and O–H groups in total. The number of nitrogens with zero attached hydrogens (tertiary/aromatic N) is 5. The van der Waals surface area contributed by atoms with Crippen LogP contribution in [0, 0.1) is 17.2 Å². The number of carbonyl (C=O) groups excluding carboxylic acids is 1. The Hall–Kier alpha value is -5.20. The topological polar surface area (TPSA) is 175 Å². The molecule has 0 radical (unpaired) electrons. The van der Waals surface area contributed by atoms with E-state index in [0.29, 0.717) is 17.9 Å². The number of anilines is 1. The Morgan fingerprint density at radius 1 is 0.967 bits per heavy atom. The fraction of sp³-hybridized carbons (Fsp3) is 0.432. The molecular formula is C44H54N7O8P. The second-order valence-electron chi connectivity index (χ2n) is 15.3. The molecule has 318 valence electrons. The summed E-state index contributed by atoms with van der Waals surface area (Å²) in [5, 5.41) is 12.1. The Morgan fingerprint density at radius 3 is 2.12 bits per heavy atom. The minimum absolute atomic E-state index is 0.00387. The van der Waals surface area contributed by atoms with Gasteiger partial charge in [-0.3, -0.25) is 24.5 Å². The number of nitriles is 1. The van der Waals surface area contributed by atoms with Gasteiger partial charge in [0.25, 0.3) is 14.1 Å². The van der Waals surface area contributed by atoms with Gasteiger partial charge >= 0.3 is 0 Å². The quantitative estimate of drug-likeness (QED) is 0.0472. The fourth-order valence-corrected chi connectivity index (χ4v) is 9.04. The number of benzene rings is 3. The van der Waals surface area contributed by atoms with E-state index in [1.807, 2.05) is 78.9 Å². The summed E-state index contributed by atoms with van der Waals surface area (Å²) < 4.78 is 42.5. The highest BCUT2D eigenvalue weighted by Gasteiger charge is 2.45. The molecule has 15 nitrogen and oxygen atoms in total. The lowest BCUT2D eigenvalue weighted by Gasteiger charge is -2.39. The van der Waals surface area contributed by atoms with Crippen molar-refractivity contribution < 1.29 is 32.8 Å². The summed E-state index contributed by atoms with van der Waals surface area (Å²) in [5.74, 6) is 0.758. The number of imidazole rings is 1. The first-order chi connectivity index (χ1) is 28.9. The lowest BCUT2D eigenvalue weighted by molar-refractivity contribution is -0.118. The number of aromatic amines is 1. The summed E-state index contributed by atoms with van der Waals surface area (Å²) in [6.45, 7) is 12.0. The summed E-state index contributed by atoms with van der Waals surface area (Å²) in [5.41, 5.74) is 1.24. The average Bonchev–Trinajstić information content (AvgIpc) is 3.85. The molecule has 6 rings (SSSR count). The number of ether oxygens (including phenoxy) is 4. The van der Waals surface area contributed by atoms with Gasteiger partial charge in [-0.2, -0.15) is 10.2 Å². The number of methoxy groups -OCH3 is 2. The molecule has 3 aromatic carbocycles. The van der Waals surface area contributed by atoms with Gasteiger partial charge in [-0.05, 0) is 68.7 Å². The van der Waals surface area contributed by atoms with Gasteiger partial charge in [0.2, 0.25) is 11.9 Å². The monoisotopic (exact) mass is 839 g/mol. The fourth-order valence-electron chi connectivity index (χ4n) is 7.28. The maximum atomic E-state index is 13.2. The van der Waals surface area contributed by atoms with Crippen LogP contribution in [0.25, 0.3) is 11.2 Å². The minimum atomic E-state index is -1.70. The number of rotatable bonds is 19. The van der Waals surface area contributed by atoms with Crippen LogP contribution in [0.3, 0.4) is 0 Å². The second-order valence-corrected chi connectivity index (χ2v) is 16.7. The Bertz CT molecular complexity index is 2220. The van der Waals surface area contributed by atoms with Crippen molar-refractivity contribution in [1.82, 2.24) is 24.2 Å². The van der Waals surface area contributed by atoms with Gasteiger partial charge in [0.1, 0.15) is 29.4 Å². The number of fused-ring (bicyclic) bond motifs is 1. The van der Waals surface area contributed by atoms with Gasteiger partial charge < -0.3 is 28.0 Å². The third-order valence-electron chi connectivity index (χ3n) is 10.2. The summed E-state index contributed by atoms with van der Waals surface area (Å²) in [6.07, 6.45) is -0.0106. The number of nitrogens with one attached hydrogen (secondary N) is 2. The molecule has 1 unspecified atom stereocenters.